The van der Waals surface area contributed by atoms with Crippen molar-refractivity contribution in [3.8, 4) is 0 Å². The van der Waals surface area contributed by atoms with Gasteiger partial charge < -0.3 is 24.7 Å². The number of likely N-dealkylation sites (N-methyl/N-ethyl adjacent to an activating group) is 1. The molecule has 0 aromatic heterocycles. The third kappa shape index (κ3) is 12.5. The minimum absolute atomic E-state index is 0.00538. The van der Waals surface area contributed by atoms with Crippen LogP contribution in [0.1, 0.15) is 40.5 Å². The third-order valence-corrected chi connectivity index (χ3v) is 7.25. The van der Waals surface area contributed by atoms with Crippen LogP contribution in [0.5, 0.6) is 0 Å². The number of nitrogens with one attached hydrogen (secondary N) is 2. The lowest BCUT2D eigenvalue weighted by Crippen LogP contribution is -2.49. The van der Waals surface area contributed by atoms with Crippen LogP contribution in [0.25, 0.3) is 0 Å². The van der Waals surface area contributed by atoms with Crippen molar-refractivity contribution >= 4 is 37.4 Å². The molecular weight excluding hydrogens is 485 g/mol. The number of esters is 1. The smallest absolute Gasteiger partial charge is 0.452 e. The number of carbonyl (C=O) groups excluding carboxylic acids is 3. The lowest BCUT2D eigenvalue weighted by Gasteiger charge is -2.34. The van der Waals surface area contributed by atoms with Gasteiger partial charge in [-0.15, -0.1) is 0 Å². The zero-order valence-electron chi connectivity index (χ0n) is 21.3. The first-order chi connectivity index (χ1) is 15.4. The number of thioether (sulfide) groups is 1. The molecule has 2 atom stereocenters. The molecule has 0 saturated carbocycles. The summed E-state index contributed by atoms with van der Waals surface area (Å²) in [6.45, 7) is 7.57. The van der Waals surface area contributed by atoms with Gasteiger partial charge in [0.15, 0.2) is 6.10 Å². The summed E-state index contributed by atoms with van der Waals surface area (Å²) >= 11 is 1.51. The van der Waals surface area contributed by atoms with Crippen molar-refractivity contribution in [2.45, 2.75) is 51.4 Å². The molecule has 0 bridgehead atoms. The molecule has 1 aliphatic heterocycles. The first-order valence-corrected chi connectivity index (χ1v) is 13.7. The fraction of sp³-hybridized carbons (Fsp3) is 0.857. The van der Waals surface area contributed by atoms with E-state index in [1.165, 1.54) is 11.8 Å². The highest BCUT2D eigenvalue weighted by molar-refractivity contribution is 8.00. The lowest BCUT2D eigenvalue weighted by atomic mass is 9.86. The van der Waals surface area contributed by atoms with E-state index >= 15 is 0 Å². The van der Waals surface area contributed by atoms with E-state index < -0.39 is 36.0 Å². The van der Waals surface area contributed by atoms with Gasteiger partial charge in [0.05, 0.1) is 34.2 Å². The fourth-order valence-corrected chi connectivity index (χ4v) is 4.79. The Morgan fingerprint density at radius 2 is 1.82 bits per heavy atom. The summed E-state index contributed by atoms with van der Waals surface area (Å²) in [6, 6.07) is 0. The number of cyclic esters (lactones) is 1. The molecule has 3 N–H and O–H groups in total. The molecule has 34 heavy (non-hydrogen) atoms. The van der Waals surface area contributed by atoms with Crippen LogP contribution in [0.15, 0.2) is 0 Å². The zero-order valence-corrected chi connectivity index (χ0v) is 23.1. The van der Waals surface area contributed by atoms with Crippen LogP contribution in [-0.4, -0.2) is 97.8 Å². The van der Waals surface area contributed by atoms with Gasteiger partial charge in [0.1, 0.15) is 13.2 Å². The number of rotatable bonds is 8. The standard InChI is InChI=1S/C21H40N3O8PS/c1-20(2,15-31-33(28,29)30-12-11-24(5,6)7)18-19(27)23-9-8-16(25)22-10-13-34-21(3,4)14-17(26)32-18/h18H,8-15H2,1-7H3,(H2-,22,23,25,27,28,29)/p+1/t18-/m0/s1. The molecule has 13 heteroatoms. The second-order valence-electron chi connectivity index (χ2n) is 10.6. The molecule has 0 aliphatic carbocycles. The van der Waals surface area contributed by atoms with Crippen LogP contribution < -0.4 is 10.6 Å². The third-order valence-electron chi connectivity index (χ3n) is 4.95. The summed E-state index contributed by atoms with van der Waals surface area (Å²) in [5.41, 5.74) is -1.17. The van der Waals surface area contributed by atoms with Crippen LogP contribution in [-0.2, 0) is 32.7 Å². The number of quaternary nitrogens is 1. The lowest BCUT2D eigenvalue weighted by molar-refractivity contribution is -0.870. The average Bonchev–Trinajstić information content (AvgIpc) is 2.66. The Morgan fingerprint density at radius 1 is 1.18 bits per heavy atom. The highest BCUT2D eigenvalue weighted by Crippen LogP contribution is 2.45. The maximum Gasteiger partial charge on any atom is 0.472 e. The Labute approximate surface area is 206 Å². The molecule has 0 radical (unpaired) electrons. The highest BCUT2D eigenvalue weighted by Gasteiger charge is 2.41. The Balaban J connectivity index is 2.93. The van der Waals surface area contributed by atoms with Crippen LogP contribution in [0, 0.1) is 5.41 Å². The normalized spacial score (nSPS) is 23.2. The maximum absolute atomic E-state index is 12.9. The average molecular weight is 527 g/mol. The molecule has 1 heterocycles. The first-order valence-electron chi connectivity index (χ1n) is 11.2. The minimum Gasteiger partial charge on any atom is -0.452 e. The Kier molecular flexibility index (Phi) is 11.5. The predicted octanol–water partition coefficient (Wildman–Crippen LogP) is 1.30. The van der Waals surface area contributed by atoms with Crippen molar-refractivity contribution in [2.24, 2.45) is 5.41 Å². The molecule has 0 aromatic carbocycles. The monoisotopic (exact) mass is 526 g/mol. The van der Waals surface area contributed by atoms with E-state index in [0.29, 0.717) is 23.3 Å². The van der Waals surface area contributed by atoms with Crippen molar-refractivity contribution in [3.63, 3.8) is 0 Å². The van der Waals surface area contributed by atoms with E-state index in [4.69, 9.17) is 13.8 Å². The molecule has 1 aliphatic rings. The second-order valence-corrected chi connectivity index (χ2v) is 13.9. The van der Waals surface area contributed by atoms with Gasteiger partial charge >= 0.3 is 13.8 Å². The molecule has 11 nitrogen and oxygen atoms in total. The summed E-state index contributed by atoms with van der Waals surface area (Å²) in [4.78, 5) is 47.6. The van der Waals surface area contributed by atoms with E-state index in [9.17, 15) is 23.8 Å². The molecule has 0 spiro atoms. The number of hydrogen-bond donors (Lipinski definition) is 3. The molecule has 1 fully saturated rings. The topological polar surface area (TPSA) is 140 Å². The van der Waals surface area contributed by atoms with Gasteiger partial charge in [-0.2, -0.15) is 11.8 Å². The van der Waals surface area contributed by atoms with Gasteiger partial charge in [-0.05, 0) is 0 Å². The van der Waals surface area contributed by atoms with E-state index in [1.54, 1.807) is 13.8 Å². The first kappa shape index (κ1) is 30.9. The van der Waals surface area contributed by atoms with Gasteiger partial charge in [-0.25, -0.2) is 4.57 Å². The molecule has 1 unspecified atom stereocenters. The van der Waals surface area contributed by atoms with Gasteiger partial charge in [-0.3, -0.25) is 23.4 Å². The van der Waals surface area contributed by atoms with Gasteiger partial charge in [0.25, 0.3) is 5.91 Å². The molecule has 0 aromatic rings. The van der Waals surface area contributed by atoms with Gasteiger partial charge in [0.2, 0.25) is 5.91 Å². The molecule has 198 valence electrons. The fourth-order valence-electron chi connectivity index (χ4n) is 2.93. The van der Waals surface area contributed by atoms with Crippen molar-refractivity contribution in [1.29, 1.82) is 0 Å². The Bertz CT molecular complexity index is 770. The number of phosphoric acid groups is 1. The van der Waals surface area contributed by atoms with E-state index in [1.807, 2.05) is 35.0 Å². The summed E-state index contributed by atoms with van der Waals surface area (Å²) in [7, 11) is 1.36. The summed E-state index contributed by atoms with van der Waals surface area (Å²) in [5.74, 6) is -0.755. The van der Waals surface area contributed by atoms with Crippen LogP contribution in [0.3, 0.4) is 0 Å². The van der Waals surface area contributed by atoms with E-state index in [2.05, 4.69) is 10.6 Å². The Morgan fingerprint density at radius 3 is 2.44 bits per heavy atom. The number of nitrogens with zero attached hydrogens (tertiary/aromatic N) is 1. The highest BCUT2D eigenvalue weighted by atomic mass is 32.2. The van der Waals surface area contributed by atoms with Crippen molar-refractivity contribution in [1.82, 2.24) is 10.6 Å². The number of hydrogen-bond acceptors (Lipinski definition) is 8. The molecular formula is C21H41N3O8PS+. The van der Waals surface area contributed by atoms with Crippen LogP contribution >= 0.6 is 19.6 Å². The molecule has 1 saturated heterocycles. The quantitative estimate of drug-likeness (QED) is 0.242. The van der Waals surface area contributed by atoms with E-state index in [0.717, 1.165) is 0 Å². The molecule has 1 rings (SSSR count). The van der Waals surface area contributed by atoms with Crippen molar-refractivity contribution in [3.05, 3.63) is 0 Å². The Hall–Kier alpha value is -1.17. The van der Waals surface area contributed by atoms with Crippen molar-refractivity contribution in [2.75, 3.05) is 59.7 Å². The van der Waals surface area contributed by atoms with Crippen LogP contribution in [0.4, 0.5) is 0 Å². The number of carbonyl (C=O) groups is 3. The SMILES string of the molecule is CC1(C)CC(=O)O[C@H](C(C)(C)COP(=O)(O)OCC[N+](C)(C)C)C(=O)NCCC(=O)NCCS1. The van der Waals surface area contributed by atoms with Gasteiger partial charge in [-0.1, -0.05) is 27.7 Å². The minimum atomic E-state index is -4.39. The van der Waals surface area contributed by atoms with Gasteiger partial charge in [0, 0.05) is 35.4 Å². The maximum atomic E-state index is 12.9. The summed E-state index contributed by atoms with van der Waals surface area (Å²) in [5, 5.41) is 5.39. The number of amides is 2. The number of ether oxygens (including phenoxy) is 1. The van der Waals surface area contributed by atoms with Crippen LogP contribution in [0.2, 0.25) is 0 Å². The molecule has 2 amide bonds. The summed E-state index contributed by atoms with van der Waals surface area (Å²) < 4.78 is 28.1. The zero-order chi connectivity index (χ0) is 26.2. The van der Waals surface area contributed by atoms with E-state index in [-0.39, 0.29) is 38.5 Å². The predicted molar refractivity (Wildman–Crippen MR) is 130 cm³/mol. The second kappa shape index (κ2) is 12.7. The van der Waals surface area contributed by atoms with Crippen molar-refractivity contribution < 1.29 is 42.1 Å². The number of phosphoric ester groups is 1. The summed E-state index contributed by atoms with van der Waals surface area (Å²) in [6.07, 6.45) is -1.19. The largest absolute Gasteiger partial charge is 0.472 e.